The van der Waals surface area contributed by atoms with Crippen LogP contribution in [-0.2, 0) is 21.6 Å². The van der Waals surface area contributed by atoms with Gasteiger partial charge in [0.15, 0.2) is 5.82 Å². The summed E-state index contributed by atoms with van der Waals surface area (Å²) in [7, 11) is 0. The molecule has 2 aromatic heterocycles. The maximum absolute atomic E-state index is 12.4. The molecular formula is C19H22N4O2. The minimum absolute atomic E-state index is 0.00971. The van der Waals surface area contributed by atoms with Crippen molar-refractivity contribution in [3.8, 4) is 11.4 Å². The van der Waals surface area contributed by atoms with E-state index in [0.29, 0.717) is 25.6 Å². The molecule has 2 aromatic rings. The number of pyridine rings is 1. The lowest BCUT2D eigenvalue weighted by atomic mass is 9.80. The second kappa shape index (κ2) is 6.19. The molecule has 1 saturated heterocycles. The van der Waals surface area contributed by atoms with Gasteiger partial charge in [0.25, 0.3) is 0 Å². The molecule has 0 aromatic carbocycles. The van der Waals surface area contributed by atoms with E-state index in [1.807, 2.05) is 37.1 Å². The van der Waals surface area contributed by atoms with E-state index in [9.17, 15) is 4.79 Å². The summed E-state index contributed by atoms with van der Waals surface area (Å²) < 4.78 is 5.84. The molecule has 0 bridgehead atoms. The third-order valence-electron chi connectivity index (χ3n) is 5.08. The van der Waals surface area contributed by atoms with Crippen molar-refractivity contribution >= 4 is 5.91 Å². The minimum Gasteiger partial charge on any atom is -0.376 e. The number of ether oxygens (including phenoxy) is 1. The molecule has 2 aliphatic rings. The Morgan fingerprint density at radius 1 is 1.36 bits per heavy atom. The van der Waals surface area contributed by atoms with Gasteiger partial charge in [-0.05, 0) is 18.6 Å². The number of carbonyl (C=O) groups excluding carboxylic acids is 1. The lowest BCUT2D eigenvalue weighted by molar-refractivity contribution is -0.133. The Morgan fingerprint density at radius 2 is 2.24 bits per heavy atom. The Kier molecular flexibility index (Phi) is 4.00. The predicted molar refractivity (Wildman–Crippen MR) is 92.6 cm³/mol. The van der Waals surface area contributed by atoms with Crippen molar-refractivity contribution in [3.05, 3.63) is 42.0 Å². The number of rotatable bonds is 2. The van der Waals surface area contributed by atoms with Crippen LogP contribution in [0.3, 0.4) is 0 Å². The first-order chi connectivity index (χ1) is 12.1. The van der Waals surface area contributed by atoms with Crippen LogP contribution in [0.2, 0.25) is 0 Å². The van der Waals surface area contributed by atoms with E-state index in [1.165, 1.54) is 0 Å². The molecule has 25 heavy (non-hydrogen) atoms. The number of aromatic nitrogens is 3. The normalized spacial score (nSPS) is 22.4. The van der Waals surface area contributed by atoms with Crippen LogP contribution in [-0.4, -0.2) is 45.5 Å². The zero-order valence-corrected chi connectivity index (χ0v) is 14.6. The molecule has 4 heterocycles. The van der Waals surface area contributed by atoms with Gasteiger partial charge in [-0.25, -0.2) is 9.97 Å². The van der Waals surface area contributed by atoms with E-state index in [1.54, 1.807) is 12.4 Å². The monoisotopic (exact) mass is 338 g/mol. The molecule has 1 amide bonds. The van der Waals surface area contributed by atoms with Gasteiger partial charge >= 0.3 is 0 Å². The fourth-order valence-corrected chi connectivity index (χ4v) is 3.77. The summed E-state index contributed by atoms with van der Waals surface area (Å²) in [5, 5.41) is 0. The average Bonchev–Trinajstić information content (AvgIpc) is 3.06. The van der Waals surface area contributed by atoms with E-state index in [0.717, 1.165) is 29.8 Å². The molecule has 1 spiro atoms. The number of hydrogen-bond acceptors (Lipinski definition) is 5. The molecule has 0 unspecified atom stereocenters. The first-order valence-electron chi connectivity index (χ1n) is 8.72. The number of likely N-dealkylation sites (tertiary alicyclic amines) is 1. The van der Waals surface area contributed by atoms with Crippen LogP contribution < -0.4 is 0 Å². The predicted octanol–water partition coefficient (Wildman–Crippen LogP) is 2.19. The number of amides is 1. The number of nitrogens with zero attached hydrogens (tertiary/aromatic N) is 4. The van der Waals surface area contributed by atoms with Gasteiger partial charge in [-0.2, -0.15) is 0 Å². The van der Waals surface area contributed by atoms with Gasteiger partial charge in [0.2, 0.25) is 5.91 Å². The maximum Gasteiger partial charge on any atom is 0.225 e. The van der Waals surface area contributed by atoms with Crippen LogP contribution in [0.1, 0.15) is 31.5 Å². The van der Waals surface area contributed by atoms with Gasteiger partial charge in [0, 0.05) is 48.7 Å². The largest absolute Gasteiger partial charge is 0.376 e. The molecule has 6 nitrogen and oxygen atoms in total. The van der Waals surface area contributed by atoms with Crippen molar-refractivity contribution in [2.45, 2.75) is 32.3 Å². The van der Waals surface area contributed by atoms with Crippen molar-refractivity contribution in [2.75, 3.05) is 19.7 Å². The van der Waals surface area contributed by atoms with Gasteiger partial charge in [0.1, 0.15) is 0 Å². The highest BCUT2D eigenvalue weighted by Gasteiger charge is 2.46. The van der Waals surface area contributed by atoms with Gasteiger partial charge in [-0.3, -0.25) is 9.78 Å². The maximum atomic E-state index is 12.4. The van der Waals surface area contributed by atoms with E-state index < -0.39 is 0 Å². The third-order valence-corrected chi connectivity index (χ3v) is 5.08. The second-order valence-electron chi connectivity index (χ2n) is 7.25. The zero-order chi connectivity index (χ0) is 17.4. The highest BCUT2D eigenvalue weighted by atomic mass is 16.5. The summed E-state index contributed by atoms with van der Waals surface area (Å²) in [5.74, 6) is 0.891. The Bertz CT molecular complexity index is 793. The molecule has 6 heteroatoms. The van der Waals surface area contributed by atoms with Crippen molar-refractivity contribution in [2.24, 2.45) is 5.92 Å². The lowest BCUT2D eigenvalue weighted by Gasteiger charge is -2.34. The van der Waals surface area contributed by atoms with Crippen LogP contribution in [0.4, 0.5) is 0 Å². The van der Waals surface area contributed by atoms with E-state index >= 15 is 0 Å². The Morgan fingerprint density at radius 3 is 3.00 bits per heavy atom. The number of hydrogen-bond donors (Lipinski definition) is 0. The molecule has 0 radical (unpaired) electrons. The molecule has 0 aliphatic carbocycles. The van der Waals surface area contributed by atoms with Crippen LogP contribution >= 0.6 is 0 Å². The van der Waals surface area contributed by atoms with Crippen LogP contribution in [0.25, 0.3) is 11.4 Å². The summed E-state index contributed by atoms with van der Waals surface area (Å²) in [4.78, 5) is 27.9. The smallest absolute Gasteiger partial charge is 0.225 e. The summed E-state index contributed by atoms with van der Waals surface area (Å²) in [6.45, 7) is 6.45. The van der Waals surface area contributed by atoms with E-state index in [4.69, 9.17) is 9.72 Å². The highest BCUT2D eigenvalue weighted by Crippen LogP contribution is 2.39. The first kappa shape index (κ1) is 16.1. The first-order valence-corrected chi connectivity index (χ1v) is 8.72. The van der Waals surface area contributed by atoms with Crippen LogP contribution in [0.5, 0.6) is 0 Å². The van der Waals surface area contributed by atoms with Crippen molar-refractivity contribution < 1.29 is 9.53 Å². The van der Waals surface area contributed by atoms with Crippen molar-refractivity contribution in [1.82, 2.24) is 19.9 Å². The molecule has 130 valence electrons. The molecule has 2 aliphatic heterocycles. The SMILES string of the molecule is CC(C)C(=O)N1CC[C@@]2(COCc3cnc(-c4cccnc4)nc32)C1. The number of fused-ring (bicyclic) bond motifs is 2. The van der Waals surface area contributed by atoms with Crippen LogP contribution in [0, 0.1) is 5.92 Å². The molecule has 1 atom stereocenters. The van der Waals surface area contributed by atoms with Crippen molar-refractivity contribution in [3.63, 3.8) is 0 Å². The lowest BCUT2D eigenvalue weighted by Crippen LogP contribution is -2.42. The van der Waals surface area contributed by atoms with E-state index in [-0.39, 0.29) is 17.2 Å². The van der Waals surface area contributed by atoms with Gasteiger partial charge in [0.05, 0.1) is 24.3 Å². The second-order valence-corrected chi connectivity index (χ2v) is 7.25. The number of carbonyl (C=O) groups is 1. The Labute approximate surface area is 147 Å². The molecule has 4 rings (SSSR count). The van der Waals surface area contributed by atoms with Gasteiger partial charge in [-0.15, -0.1) is 0 Å². The summed E-state index contributed by atoms with van der Waals surface area (Å²) in [6.07, 6.45) is 6.25. The standard InChI is InChI=1S/C19H22N4O2/c1-13(2)18(24)23-7-5-19(11-23)12-25-10-15-9-21-17(22-16(15)19)14-4-3-6-20-8-14/h3-4,6,8-9,13H,5,7,10-12H2,1-2H3/t19-/m0/s1. The Hall–Kier alpha value is -2.34. The average molecular weight is 338 g/mol. The van der Waals surface area contributed by atoms with Gasteiger partial charge in [-0.1, -0.05) is 13.8 Å². The minimum atomic E-state index is -0.224. The fourth-order valence-electron chi connectivity index (χ4n) is 3.77. The quantitative estimate of drug-likeness (QED) is 0.840. The van der Waals surface area contributed by atoms with Crippen molar-refractivity contribution in [1.29, 1.82) is 0 Å². The molecular weight excluding hydrogens is 316 g/mol. The molecule has 0 N–H and O–H groups in total. The molecule has 0 saturated carbocycles. The highest BCUT2D eigenvalue weighted by molar-refractivity contribution is 5.78. The topological polar surface area (TPSA) is 68.2 Å². The zero-order valence-electron chi connectivity index (χ0n) is 14.6. The van der Waals surface area contributed by atoms with Gasteiger partial charge < -0.3 is 9.64 Å². The summed E-state index contributed by atoms with van der Waals surface area (Å²) in [6, 6.07) is 3.85. The van der Waals surface area contributed by atoms with E-state index in [2.05, 4.69) is 9.97 Å². The van der Waals surface area contributed by atoms with Crippen LogP contribution in [0.15, 0.2) is 30.7 Å². The Balaban J connectivity index is 1.71. The summed E-state index contributed by atoms with van der Waals surface area (Å²) in [5.41, 5.74) is 2.74. The summed E-state index contributed by atoms with van der Waals surface area (Å²) >= 11 is 0. The third kappa shape index (κ3) is 2.80. The fraction of sp³-hybridized carbons (Fsp3) is 0.474. The molecule has 1 fully saturated rings.